The van der Waals surface area contributed by atoms with Gasteiger partial charge in [0.2, 0.25) is 0 Å². The van der Waals surface area contributed by atoms with Crippen LogP contribution in [0.1, 0.15) is 28.7 Å². The number of hydrogen-bond donors (Lipinski definition) is 0. The predicted octanol–water partition coefficient (Wildman–Crippen LogP) is 9.94. The first-order valence-electron chi connectivity index (χ1n) is 12.9. The Morgan fingerprint density at radius 1 is 0.703 bits per heavy atom. The quantitative estimate of drug-likeness (QED) is 0.228. The van der Waals surface area contributed by atoms with Crippen LogP contribution in [0.2, 0.25) is 0 Å². The molecule has 0 N–H and O–H groups in total. The van der Waals surface area contributed by atoms with Crippen molar-refractivity contribution in [2.24, 2.45) is 0 Å². The maximum absolute atomic E-state index is 4.63. The van der Waals surface area contributed by atoms with E-state index in [4.69, 9.17) is 0 Å². The van der Waals surface area contributed by atoms with E-state index in [1.807, 2.05) is 18.0 Å². The molecule has 1 nitrogen and oxygen atoms in total. The fraction of sp³-hybridized carbons (Fsp3) is 0.114. The zero-order valence-electron chi connectivity index (χ0n) is 21.1. The van der Waals surface area contributed by atoms with Gasteiger partial charge in [-0.1, -0.05) is 78.5 Å². The summed E-state index contributed by atoms with van der Waals surface area (Å²) in [6.07, 6.45) is 10.8. The van der Waals surface area contributed by atoms with Gasteiger partial charge in [-0.2, -0.15) is 0 Å². The fourth-order valence-electron chi connectivity index (χ4n) is 6.00. The number of aryl methyl sites for hydroxylation is 3. The summed E-state index contributed by atoms with van der Waals surface area (Å²) in [6.45, 7) is 4.35. The topological polar surface area (TPSA) is 12.9 Å². The maximum Gasteiger partial charge on any atom is 0.0353 e. The second-order valence-electron chi connectivity index (χ2n) is 10.1. The molecule has 0 atom stereocenters. The number of rotatable bonds is 3. The molecular weight excluding hydrogens is 466 g/mol. The van der Waals surface area contributed by atoms with Gasteiger partial charge in [-0.05, 0) is 111 Å². The molecule has 0 radical (unpaired) electrons. The highest BCUT2D eigenvalue weighted by Gasteiger charge is 2.20. The van der Waals surface area contributed by atoms with Gasteiger partial charge in [-0.3, -0.25) is 4.98 Å². The van der Waals surface area contributed by atoms with Gasteiger partial charge in [0, 0.05) is 27.6 Å². The Kier molecular flexibility index (Phi) is 5.37. The zero-order chi connectivity index (χ0) is 24.9. The summed E-state index contributed by atoms with van der Waals surface area (Å²) in [5.74, 6) is 0. The van der Waals surface area contributed by atoms with Crippen molar-refractivity contribution in [3.8, 4) is 11.1 Å². The van der Waals surface area contributed by atoms with Crippen molar-refractivity contribution in [3.63, 3.8) is 0 Å². The second-order valence-corrected chi connectivity index (χ2v) is 11.2. The number of aromatic nitrogens is 1. The first-order valence-corrected chi connectivity index (χ1v) is 13.7. The molecule has 0 unspecified atom stereocenters. The third-order valence-corrected chi connectivity index (χ3v) is 8.61. The smallest absolute Gasteiger partial charge is 0.0353 e. The third-order valence-electron chi connectivity index (χ3n) is 7.50. The van der Waals surface area contributed by atoms with Crippen molar-refractivity contribution in [3.05, 3.63) is 120 Å². The second kappa shape index (κ2) is 8.90. The molecule has 5 aromatic carbocycles. The van der Waals surface area contributed by atoms with Gasteiger partial charge in [0.05, 0.1) is 0 Å². The van der Waals surface area contributed by atoms with Gasteiger partial charge < -0.3 is 0 Å². The molecule has 0 bridgehead atoms. The van der Waals surface area contributed by atoms with E-state index in [9.17, 15) is 0 Å². The van der Waals surface area contributed by atoms with Crippen molar-refractivity contribution in [1.82, 2.24) is 4.98 Å². The van der Waals surface area contributed by atoms with E-state index >= 15 is 0 Å². The molecule has 37 heavy (non-hydrogen) atoms. The number of fused-ring (bicyclic) bond motifs is 5. The van der Waals surface area contributed by atoms with Gasteiger partial charge >= 0.3 is 0 Å². The van der Waals surface area contributed by atoms with E-state index in [1.165, 1.54) is 75.5 Å². The summed E-state index contributed by atoms with van der Waals surface area (Å²) < 4.78 is 0. The van der Waals surface area contributed by atoms with Gasteiger partial charge in [0.15, 0.2) is 0 Å². The summed E-state index contributed by atoms with van der Waals surface area (Å²) in [5, 5.41) is 7.69. The van der Waals surface area contributed by atoms with E-state index in [-0.39, 0.29) is 0 Å². The van der Waals surface area contributed by atoms with E-state index in [0.717, 1.165) is 12.8 Å². The Morgan fingerprint density at radius 3 is 2.22 bits per heavy atom. The van der Waals surface area contributed by atoms with Gasteiger partial charge in [-0.25, -0.2) is 0 Å². The van der Waals surface area contributed by atoms with Gasteiger partial charge in [0.1, 0.15) is 0 Å². The molecule has 0 fully saturated rings. The van der Waals surface area contributed by atoms with Crippen LogP contribution in [0.15, 0.2) is 107 Å². The van der Waals surface area contributed by atoms with E-state index in [2.05, 4.69) is 116 Å². The van der Waals surface area contributed by atoms with Gasteiger partial charge in [-0.15, -0.1) is 0 Å². The van der Waals surface area contributed by atoms with Crippen LogP contribution in [0.5, 0.6) is 0 Å². The lowest BCUT2D eigenvalue weighted by molar-refractivity contribution is 0.990. The molecule has 0 saturated carbocycles. The predicted molar refractivity (Wildman–Crippen MR) is 160 cm³/mol. The highest BCUT2D eigenvalue weighted by atomic mass is 32.2. The van der Waals surface area contributed by atoms with Crippen molar-refractivity contribution < 1.29 is 0 Å². The summed E-state index contributed by atoms with van der Waals surface area (Å²) in [4.78, 5) is 7.20. The van der Waals surface area contributed by atoms with Crippen LogP contribution in [0, 0.1) is 13.8 Å². The van der Waals surface area contributed by atoms with E-state index in [0.29, 0.717) is 0 Å². The average Bonchev–Trinajstić information content (AvgIpc) is 2.92. The normalized spacial score (nSPS) is 12.9. The summed E-state index contributed by atoms with van der Waals surface area (Å²) in [6, 6.07) is 29.3. The minimum atomic E-state index is 1.08. The van der Waals surface area contributed by atoms with Crippen molar-refractivity contribution in [2.45, 2.75) is 36.5 Å². The molecular formula is C35H27NS. The molecule has 1 aliphatic carbocycles. The molecule has 7 rings (SSSR count). The highest BCUT2D eigenvalue weighted by Crippen LogP contribution is 2.47. The largest absolute Gasteiger partial charge is 0.264 e. The molecule has 0 saturated heterocycles. The highest BCUT2D eigenvalue weighted by molar-refractivity contribution is 7.99. The van der Waals surface area contributed by atoms with Crippen LogP contribution in [0.3, 0.4) is 0 Å². The Bertz CT molecular complexity index is 1800. The molecule has 1 heterocycles. The molecule has 6 aromatic rings. The lowest BCUT2D eigenvalue weighted by Crippen LogP contribution is -1.98. The Balaban J connectivity index is 1.59. The van der Waals surface area contributed by atoms with Crippen LogP contribution in [0.25, 0.3) is 49.5 Å². The van der Waals surface area contributed by atoms with E-state index < -0.39 is 0 Å². The minimum Gasteiger partial charge on any atom is -0.264 e. The number of allylic oxidation sites excluding steroid dienone is 1. The fourth-order valence-corrected chi connectivity index (χ4v) is 7.30. The molecule has 0 aliphatic heterocycles. The monoisotopic (exact) mass is 493 g/mol. The van der Waals surface area contributed by atoms with Gasteiger partial charge in [0.25, 0.3) is 0 Å². The lowest BCUT2D eigenvalue weighted by Gasteiger charge is -2.21. The third kappa shape index (κ3) is 3.75. The molecule has 0 amide bonds. The summed E-state index contributed by atoms with van der Waals surface area (Å²) in [5.41, 5.74) is 8.00. The molecule has 0 spiro atoms. The average molecular weight is 494 g/mol. The number of hydrogen-bond acceptors (Lipinski definition) is 2. The Labute approximate surface area is 221 Å². The van der Waals surface area contributed by atoms with Crippen LogP contribution in [-0.2, 0) is 6.42 Å². The maximum atomic E-state index is 4.63. The summed E-state index contributed by atoms with van der Waals surface area (Å²) >= 11 is 1.87. The van der Waals surface area contributed by atoms with E-state index in [1.54, 1.807) is 0 Å². The molecule has 178 valence electrons. The van der Waals surface area contributed by atoms with Crippen molar-refractivity contribution in [2.75, 3.05) is 0 Å². The van der Waals surface area contributed by atoms with Crippen LogP contribution in [0.4, 0.5) is 0 Å². The van der Waals surface area contributed by atoms with Crippen LogP contribution >= 0.6 is 11.8 Å². The first kappa shape index (κ1) is 22.3. The lowest BCUT2D eigenvalue weighted by atomic mass is 9.84. The minimum absolute atomic E-state index is 1.08. The summed E-state index contributed by atoms with van der Waals surface area (Å²) in [7, 11) is 0. The molecule has 1 aromatic heterocycles. The first-order chi connectivity index (χ1) is 18.2. The van der Waals surface area contributed by atoms with Crippen molar-refractivity contribution >= 4 is 50.2 Å². The standard InChI is InChI=1S/C35H27NS/c1-22-17-23(2)19-25(18-22)37-35-30-14-8-7-13-29(30)34(33-21-36-16-15-31(33)35)32-20-24-9-3-4-10-26(24)27-11-5-6-12-28(27)32/h4-8,10-21H,3,9H2,1-2H3. The number of benzene rings is 5. The number of pyridine rings is 1. The van der Waals surface area contributed by atoms with Crippen molar-refractivity contribution in [1.29, 1.82) is 0 Å². The Morgan fingerprint density at radius 2 is 1.41 bits per heavy atom. The van der Waals surface area contributed by atoms with Crippen LogP contribution in [-0.4, -0.2) is 4.98 Å². The molecule has 1 aliphatic rings. The zero-order valence-corrected chi connectivity index (χ0v) is 21.9. The van der Waals surface area contributed by atoms with Crippen LogP contribution < -0.4 is 0 Å². The number of nitrogens with zero attached hydrogens (tertiary/aromatic N) is 1. The Hall–Kier alpha value is -3.88. The molecule has 2 heteroatoms. The SMILES string of the molecule is Cc1cc(C)cc(Sc2c3ccccc3c(-c3cc4c(c5ccccc35)C=CCC4)c3cnccc23)c1.